The quantitative estimate of drug-likeness (QED) is 0.339. The van der Waals surface area contributed by atoms with Crippen molar-refractivity contribution in [2.75, 3.05) is 13.9 Å². The second-order valence-electron chi connectivity index (χ2n) is 10.1. The van der Waals surface area contributed by atoms with Crippen molar-refractivity contribution in [2.45, 2.75) is 67.5 Å². The van der Waals surface area contributed by atoms with Crippen LogP contribution in [0, 0.1) is 23.2 Å². The minimum Gasteiger partial charge on any atom is -0.493 e. The zero-order valence-corrected chi connectivity index (χ0v) is 23.3. The summed E-state index contributed by atoms with van der Waals surface area (Å²) < 4.78 is 21.4. The number of amides is 1. The number of allylic oxidation sites excluding steroid dienone is 4. The van der Waals surface area contributed by atoms with E-state index in [1.54, 1.807) is 6.92 Å². The summed E-state index contributed by atoms with van der Waals surface area (Å²) in [5.74, 6) is -0.976. The number of hydrogen-bond donors (Lipinski definition) is 1. The summed E-state index contributed by atoms with van der Waals surface area (Å²) in [6.07, 6.45) is 7.57. The van der Waals surface area contributed by atoms with Crippen molar-refractivity contribution in [3.63, 3.8) is 0 Å². The summed E-state index contributed by atoms with van der Waals surface area (Å²) >= 11 is 0. The molecule has 1 heterocycles. The van der Waals surface area contributed by atoms with Gasteiger partial charge in [-0.15, -0.1) is 0 Å². The molecule has 0 aliphatic heterocycles. The predicted octanol–water partition coefficient (Wildman–Crippen LogP) is 4.47. The van der Waals surface area contributed by atoms with Gasteiger partial charge in [0.1, 0.15) is 12.1 Å². The van der Waals surface area contributed by atoms with Crippen molar-refractivity contribution in [3.8, 4) is 11.5 Å². The number of pyridine rings is 1. The van der Waals surface area contributed by atoms with Gasteiger partial charge in [-0.1, -0.05) is 51.5 Å². The first-order valence-corrected chi connectivity index (χ1v) is 12.5. The maximum atomic E-state index is 13.0. The molecule has 0 fully saturated rings. The SMILES string of the molecule is COc1ccnc(C(=O)N[C@@H](C)C(=O)O[C@@H](C)[C@H](C(C)C)C2(C)C=CC(C)=CC2C)c1OCOC(C)=O. The third kappa shape index (κ3) is 7.33. The maximum Gasteiger partial charge on any atom is 0.328 e. The highest BCUT2D eigenvalue weighted by Gasteiger charge is 2.43. The number of nitrogens with one attached hydrogen (secondary N) is 1. The number of ether oxygens (including phenoxy) is 4. The van der Waals surface area contributed by atoms with Gasteiger partial charge in [-0.25, -0.2) is 9.78 Å². The van der Waals surface area contributed by atoms with Crippen molar-refractivity contribution in [1.82, 2.24) is 10.3 Å². The Hall–Kier alpha value is -3.36. The lowest BCUT2D eigenvalue weighted by molar-refractivity contribution is -0.156. The second kappa shape index (κ2) is 12.7. The fraction of sp³-hybridized carbons (Fsp3) is 0.571. The standard InChI is InChI=1S/C28H40N2O7/c1-16(2)23(28(8)12-10-17(3)14-18(28)4)20(6)37-27(33)19(5)30-26(32)24-25(36-15-35-21(7)31)22(34-9)11-13-29-24/h10-14,16,18-20,23H,15H2,1-9H3,(H,30,32)/t18?,19-,20-,23-,28?/m0/s1. The summed E-state index contributed by atoms with van der Waals surface area (Å²) in [7, 11) is 1.40. The first kappa shape index (κ1) is 29.9. The summed E-state index contributed by atoms with van der Waals surface area (Å²) in [6.45, 7) is 15.0. The molecular formula is C28H40N2O7. The summed E-state index contributed by atoms with van der Waals surface area (Å²) in [5, 5.41) is 2.62. The minimum absolute atomic E-state index is 0.00750. The van der Waals surface area contributed by atoms with Crippen LogP contribution in [0.5, 0.6) is 11.5 Å². The van der Waals surface area contributed by atoms with E-state index in [0.29, 0.717) is 0 Å². The number of carbonyl (C=O) groups excluding carboxylic acids is 3. The van der Waals surface area contributed by atoms with Crippen LogP contribution in [0.3, 0.4) is 0 Å². The molecule has 1 N–H and O–H groups in total. The van der Waals surface area contributed by atoms with Gasteiger partial charge in [0.05, 0.1) is 7.11 Å². The van der Waals surface area contributed by atoms with E-state index in [4.69, 9.17) is 18.9 Å². The Morgan fingerprint density at radius 1 is 1.19 bits per heavy atom. The fourth-order valence-electron chi connectivity index (χ4n) is 5.02. The number of hydrogen-bond acceptors (Lipinski definition) is 8. The van der Waals surface area contributed by atoms with Crippen LogP contribution in [0.25, 0.3) is 0 Å². The van der Waals surface area contributed by atoms with Gasteiger partial charge in [0.2, 0.25) is 6.79 Å². The number of esters is 2. The van der Waals surface area contributed by atoms with E-state index in [1.165, 1.54) is 31.9 Å². The lowest BCUT2D eigenvalue weighted by atomic mass is 9.61. The van der Waals surface area contributed by atoms with E-state index in [2.05, 4.69) is 63.1 Å². The topological polar surface area (TPSA) is 113 Å². The van der Waals surface area contributed by atoms with Crippen LogP contribution in [-0.4, -0.2) is 48.9 Å². The molecule has 1 amide bonds. The smallest absolute Gasteiger partial charge is 0.328 e. The Labute approximate surface area is 219 Å². The zero-order chi connectivity index (χ0) is 27.9. The molecule has 0 saturated carbocycles. The lowest BCUT2D eigenvalue weighted by Gasteiger charge is -2.45. The molecule has 9 nitrogen and oxygen atoms in total. The first-order valence-electron chi connectivity index (χ1n) is 12.5. The summed E-state index contributed by atoms with van der Waals surface area (Å²) in [6, 6.07) is 0.551. The average Bonchev–Trinajstić information content (AvgIpc) is 2.81. The normalized spacial score (nSPS) is 21.4. The van der Waals surface area contributed by atoms with Crippen molar-refractivity contribution >= 4 is 17.8 Å². The minimum atomic E-state index is -0.952. The average molecular weight is 517 g/mol. The zero-order valence-electron chi connectivity index (χ0n) is 23.3. The Morgan fingerprint density at radius 3 is 2.43 bits per heavy atom. The van der Waals surface area contributed by atoms with Crippen molar-refractivity contribution in [1.29, 1.82) is 0 Å². The molecule has 2 unspecified atom stereocenters. The molecule has 9 heteroatoms. The van der Waals surface area contributed by atoms with Gasteiger partial charge in [0.15, 0.2) is 17.2 Å². The second-order valence-corrected chi connectivity index (χ2v) is 10.1. The van der Waals surface area contributed by atoms with E-state index in [-0.39, 0.29) is 40.4 Å². The van der Waals surface area contributed by atoms with Crippen LogP contribution in [0.1, 0.15) is 65.9 Å². The van der Waals surface area contributed by atoms with Crippen LogP contribution in [0.15, 0.2) is 36.1 Å². The number of methoxy groups -OCH3 is 1. The summed E-state index contributed by atoms with van der Waals surface area (Å²) in [5.41, 5.74) is 0.907. The molecule has 1 aromatic rings. The van der Waals surface area contributed by atoms with Crippen LogP contribution in [-0.2, 0) is 19.1 Å². The Kier molecular flexibility index (Phi) is 10.3. The maximum absolute atomic E-state index is 13.0. The monoisotopic (exact) mass is 516 g/mol. The van der Waals surface area contributed by atoms with E-state index in [1.807, 2.05) is 6.92 Å². The number of nitrogens with zero attached hydrogens (tertiary/aromatic N) is 1. The van der Waals surface area contributed by atoms with Crippen LogP contribution in [0.2, 0.25) is 0 Å². The Morgan fingerprint density at radius 2 is 1.86 bits per heavy atom. The van der Waals surface area contributed by atoms with Gasteiger partial charge in [-0.2, -0.15) is 0 Å². The number of carbonyl (C=O) groups is 3. The molecule has 0 radical (unpaired) electrons. The Bertz CT molecular complexity index is 1050. The molecule has 0 bridgehead atoms. The van der Waals surface area contributed by atoms with Crippen molar-refractivity contribution in [2.24, 2.45) is 23.2 Å². The highest BCUT2D eigenvalue weighted by molar-refractivity contribution is 5.98. The predicted molar refractivity (Wildman–Crippen MR) is 139 cm³/mol. The lowest BCUT2D eigenvalue weighted by Crippen LogP contribution is -2.46. The molecular weight excluding hydrogens is 476 g/mol. The van der Waals surface area contributed by atoms with E-state index < -0.39 is 36.8 Å². The van der Waals surface area contributed by atoms with Gasteiger partial charge in [0, 0.05) is 25.1 Å². The first-order chi connectivity index (χ1) is 17.3. The van der Waals surface area contributed by atoms with Gasteiger partial charge >= 0.3 is 11.9 Å². The number of rotatable bonds is 11. The highest BCUT2D eigenvalue weighted by atomic mass is 16.7. The summed E-state index contributed by atoms with van der Waals surface area (Å²) in [4.78, 5) is 41.2. The molecule has 1 aliphatic carbocycles. The molecule has 1 aromatic heterocycles. The molecule has 5 atom stereocenters. The van der Waals surface area contributed by atoms with E-state index in [9.17, 15) is 14.4 Å². The molecule has 2 rings (SSSR count). The molecule has 0 aromatic carbocycles. The fourth-order valence-corrected chi connectivity index (χ4v) is 5.02. The third-order valence-electron chi connectivity index (χ3n) is 6.91. The van der Waals surface area contributed by atoms with Gasteiger partial charge < -0.3 is 24.3 Å². The van der Waals surface area contributed by atoms with Gasteiger partial charge in [0.25, 0.3) is 5.91 Å². The van der Waals surface area contributed by atoms with Crippen LogP contribution < -0.4 is 14.8 Å². The highest BCUT2D eigenvalue weighted by Crippen LogP contribution is 2.46. The Balaban J connectivity index is 2.14. The van der Waals surface area contributed by atoms with Gasteiger partial charge in [-0.05, 0) is 38.0 Å². The van der Waals surface area contributed by atoms with Gasteiger partial charge in [-0.3, -0.25) is 9.59 Å². The van der Waals surface area contributed by atoms with Crippen LogP contribution in [0.4, 0.5) is 0 Å². The van der Waals surface area contributed by atoms with Crippen LogP contribution >= 0.6 is 0 Å². The van der Waals surface area contributed by atoms with E-state index in [0.717, 1.165) is 0 Å². The third-order valence-corrected chi connectivity index (χ3v) is 6.91. The number of aromatic nitrogens is 1. The van der Waals surface area contributed by atoms with Crippen molar-refractivity contribution in [3.05, 3.63) is 41.8 Å². The molecule has 0 saturated heterocycles. The largest absolute Gasteiger partial charge is 0.493 e. The molecule has 1 aliphatic rings. The van der Waals surface area contributed by atoms with E-state index >= 15 is 0 Å². The van der Waals surface area contributed by atoms with Crippen molar-refractivity contribution < 1.29 is 33.3 Å². The molecule has 204 valence electrons. The molecule has 0 spiro atoms. The molecule has 37 heavy (non-hydrogen) atoms.